The molecule has 94 valence electrons. The van der Waals surface area contributed by atoms with E-state index in [9.17, 15) is 0 Å². The molecule has 0 radical (unpaired) electrons. The molecule has 0 aliphatic carbocycles. The number of hydrogen-bond acceptors (Lipinski definition) is 3. The number of hydrogen-bond donors (Lipinski definition) is 0. The van der Waals surface area contributed by atoms with Crippen LogP contribution in [0.1, 0.15) is 13.8 Å². The minimum absolute atomic E-state index is 0.624. The van der Waals surface area contributed by atoms with Gasteiger partial charge in [0, 0.05) is 38.4 Å². The van der Waals surface area contributed by atoms with Crippen molar-refractivity contribution < 1.29 is 0 Å². The predicted octanol–water partition coefficient (Wildman–Crippen LogP) is 3.03. The summed E-state index contributed by atoms with van der Waals surface area (Å²) in [5, 5.41) is 0.668. The molecule has 2 heterocycles. The largest absolute Gasteiger partial charge is 0.353 e. The Bertz CT molecular complexity index is 389. The Kier molecular flexibility index (Phi) is 4.28. The topological polar surface area (TPSA) is 19.4 Å². The summed E-state index contributed by atoms with van der Waals surface area (Å²) in [5.74, 6) is 0.998. The van der Waals surface area contributed by atoms with E-state index in [-0.39, 0.29) is 0 Å². The van der Waals surface area contributed by atoms with Gasteiger partial charge in [0.1, 0.15) is 5.82 Å². The molecule has 3 nitrogen and oxygen atoms in total. The summed E-state index contributed by atoms with van der Waals surface area (Å²) in [6, 6.07) is 2.53. The van der Waals surface area contributed by atoms with Crippen LogP contribution in [-0.2, 0) is 0 Å². The van der Waals surface area contributed by atoms with Crippen molar-refractivity contribution in [2.75, 3.05) is 31.1 Å². The van der Waals surface area contributed by atoms with E-state index in [2.05, 4.69) is 44.6 Å². The number of rotatable bonds is 2. The highest BCUT2D eigenvalue weighted by Crippen LogP contribution is 2.27. The lowest BCUT2D eigenvalue weighted by Crippen LogP contribution is -2.49. The normalized spacial score (nSPS) is 17.8. The second-order valence-corrected chi connectivity index (χ2v) is 5.87. The number of halogens is 2. The zero-order valence-corrected chi connectivity index (χ0v) is 12.5. The second-order valence-electron chi connectivity index (χ2n) is 4.58. The van der Waals surface area contributed by atoms with Gasteiger partial charge in [0.25, 0.3) is 0 Å². The van der Waals surface area contributed by atoms with Gasteiger partial charge in [-0.1, -0.05) is 11.6 Å². The molecule has 0 saturated carbocycles. The van der Waals surface area contributed by atoms with Crippen LogP contribution in [0.2, 0.25) is 5.02 Å². The van der Waals surface area contributed by atoms with Crippen LogP contribution in [0.25, 0.3) is 0 Å². The van der Waals surface area contributed by atoms with Crippen molar-refractivity contribution in [3.05, 3.63) is 21.8 Å². The van der Waals surface area contributed by atoms with Crippen molar-refractivity contribution in [2.24, 2.45) is 0 Å². The maximum Gasteiger partial charge on any atom is 0.143 e. The fourth-order valence-electron chi connectivity index (χ4n) is 2.09. The first-order valence-electron chi connectivity index (χ1n) is 5.88. The monoisotopic (exact) mass is 317 g/mol. The van der Waals surface area contributed by atoms with Gasteiger partial charge in [0.2, 0.25) is 0 Å². The summed E-state index contributed by atoms with van der Waals surface area (Å²) in [5.41, 5.74) is 0. The van der Waals surface area contributed by atoms with Gasteiger partial charge in [-0.3, -0.25) is 4.90 Å². The lowest BCUT2D eigenvalue weighted by Gasteiger charge is -2.37. The molecule has 0 aromatic carbocycles. The van der Waals surface area contributed by atoms with E-state index >= 15 is 0 Å². The van der Waals surface area contributed by atoms with Gasteiger partial charge in [0.05, 0.1) is 9.50 Å². The SMILES string of the molecule is CC(C)N1CCN(c2ncc(Cl)cc2Br)CC1. The molecule has 1 aromatic rings. The molecule has 0 N–H and O–H groups in total. The van der Waals surface area contributed by atoms with Crippen molar-refractivity contribution >= 4 is 33.3 Å². The van der Waals surface area contributed by atoms with Crippen molar-refractivity contribution in [3.8, 4) is 0 Å². The first kappa shape index (κ1) is 13.1. The van der Waals surface area contributed by atoms with Crippen molar-refractivity contribution in [1.29, 1.82) is 0 Å². The minimum Gasteiger partial charge on any atom is -0.353 e. The molecule has 1 aliphatic heterocycles. The highest BCUT2D eigenvalue weighted by Gasteiger charge is 2.21. The molecule has 0 unspecified atom stereocenters. The Morgan fingerprint density at radius 3 is 2.47 bits per heavy atom. The summed E-state index contributed by atoms with van der Waals surface area (Å²) in [4.78, 5) is 9.19. The smallest absolute Gasteiger partial charge is 0.143 e. The lowest BCUT2D eigenvalue weighted by atomic mass is 10.2. The van der Waals surface area contributed by atoms with Crippen molar-refractivity contribution in [1.82, 2.24) is 9.88 Å². The molecule has 1 aromatic heterocycles. The fraction of sp³-hybridized carbons (Fsp3) is 0.583. The summed E-state index contributed by atoms with van der Waals surface area (Å²) in [6.45, 7) is 8.71. The van der Waals surface area contributed by atoms with Crippen LogP contribution in [0.5, 0.6) is 0 Å². The van der Waals surface area contributed by atoms with Gasteiger partial charge < -0.3 is 4.90 Å². The molecular formula is C12H17BrClN3. The number of nitrogens with zero attached hydrogens (tertiary/aromatic N) is 3. The van der Waals surface area contributed by atoms with E-state index in [1.807, 2.05) is 6.07 Å². The number of aromatic nitrogens is 1. The van der Waals surface area contributed by atoms with Gasteiger partial charge in [-0.15, -0.1) is 0 Å². The third kappa shape index (κ3) is 3.12. The third-order valence-electron chi connectivity index (χ3n) is 3.13. The Labute approximate surface area is 116 Å². The van der Waals surface area contributed by atoms with E-state index in [4.69, 9.17) is 11.6 Å². The summed E-state index contributed by atoms with van der Waals surface area (Å²) >= 11 is 9.43. The fourth-order valence-corrected chi connectivity index (χ4v) is 2.98. The van der Waals surface area contributed by atoms with E-state index in [1.165, 1.54) is 0 Å². The van der Waals surface area contributed by atoms with Crippen LogP contribution in [0.15, 0.2) is 16.7 Å². The minimum atomic E-state index is 0.624. The van der Waals surface area contributed by atoms with Gasteiger partial charge in [-0.05, 0) is 35.8 Å². The summed E-state index contributed by atoms with van der Waals surface area (Å²) in [7, 11) is 0. The lowest BCUT2D eigenvalue weighted by molar-refractivity contribution is 0.209. The number of piperazine rings is 1. The van der Waals surface area contributed by atoms with Crippen molar-refractivity contribution in [3.63, 3.8) is 0 Å². The molecule has 1 saturated heterocycles. The van der Waals surface area contributed by atoms with Gasteiger partial charge >= 0.3 is 0 Å². The molecule has 0 atom stereocenters. The van der Waals surface area contributed by atoms with Gasteiger partial charge in [0.15, 0.2) is 0 Å². The molecule has 1 fully saturated rings. The predicted molar refractivity (Wildman–Crippen MR) is 75.9 cm³/mol. The van der Waals surface area contributed by atoms with Crippen LogP contribution in [0, 0.1) is 0 Å². The quantitative estimate of drug-likeness (QED) is 0.835. The molecule has 2 rings (SSSR count). The van der Waals surface area contributed by atoms with Gasteiger partial charge in [-0.25, -0.2) is 4.98 Å². The van der Waals surface area contributed by atoms with E-state index in [0.29, 0.717) is 11.1 Å². The number of pyridine rings is 1. The molecule has 5 heteroatoms. The number of anilines is 1. The van der Waals surface area contributed by atoms with Crippen LogP contribution < -0.4 is 4.90 Å². The van der Waals surface area contributed by atoms with E-state index in [1.54, 1.807) is 6.20 Å². The standard InChI is InChI=1S/C12H17BrClN3/c1-9(2)16-3-5-17(6-4-16)12-11(13)7-10(14)8-15-12/h7-9H,3-6H2,1-2H3. The average Bonchev–Trinajstić information content (AvgIpc) is 2.29. The first-order chi connectivity index (χ1) is 8.08. The third-order valence-corrected chi connectivity index (χ3v) is 3.92. The van der Waals surface area contributed by atoms with Crippen LogP contribution in [0.3, 0.4) is 0 Å². The first-order valence-corrected chi connectivity index (χ1v) is 7.05. The molecule has 17 heavy (non-hydrogen) atoms. The molecular weight excluding hydrogens is 302 g/mol. The molecule has 0 spiro atoms. The van der Waals surface area contributed by atoms with Crippen LogP contribution in [-0.4, -0.2) is 42.1 Å². The molecule has 0 bridgehead atoms. The van der Waals surface area contributed by atoms with Crippen molar-refractivity contribution in [2.45, 2.75) is 19.9 Å². The Balaban J connectivity index is 2.05. The zero-order chi connectivity index (χ0) is 12.4. The van der Waals surface area contributed by atoms with E-state index < -0.39 is 0 Å². The summed E-state index contributed by atoms with van der Waals surface area (Å²) in [6.07, 6.45) is 1.70. The van der Waals surface area contributed by atoms with Crippen LogP contribution in [0.4, 0.5) is 5.82 Å². The zero-order valence-electron chi connectivity index (χ0n) is 10.2. The van der Waals surface area contributed by atoms with Crippen LogP contribution >= 0.6 is 27.5 Å². The average molecular weight is 319 g/mol. The highest BCUT2D eigenvalue weighted by molar-refractivity contribution is 9.10. The van der Waals surface area contributed by atoms with E-state index in [0.717, 1.165) is 36.5 Å². The Morgan fingerprint density at radius 1 is 1.29 bits per heavy atom. The summed E-state index contributed by atoms with van der Waals surface area (Å²) < 4.78 is 0.975. The maximum atomic E-state index is 5.90. The molecule has 0 amide bonds. The molecule has 1 aliphatic rings. The van der Waals surface area contributed by atoms with Gasteiger partial charge in [-0.2, -0.15) is 0 Å². The Hall–Kier alpha value is -0.320. The maximum absolute atomic E-state index is 5.90. The highest BCUT2D eigenvalue weighted by atomic mass is 79.9. The Morgan fingerprint density at radius 2 is 1.94 bits per heavy atom. The second kappa shape index (κ2) is 5.55.